The molecule has 0 aromatic heterocycles. The Morgan fingerprint density at radius 3 is 2.53 bits per heavy atom. The average molecular weight is 485 g/mol. The monoisotopic (exact) mass is 484 g/mol. The fourth-order valence-corrected chi connectivity index (χ4v) is 5.06. The molecule has 3 rings (SSSR count). The Hall–Kier alpha value is -1.87. The van der Waals surface area contributed by atoms with Gasteiger partial charge in [0.15, 0.2) is 11.5 Å². The third-order valence-corrected chi connectivity index (χ3v) is 7.00. The first kappa shape index (κ1) is 24.8. The minimum atomic E-state index is -3.94. The second-order valence-corrected chi connectivity index (χ2v) is 10.3. The highest BCUT2D eigenvalue weighted by Crippen LogP contribution is 2.27. The van der Waals surface area contributed by atoms with Gasteiger partial charge in [-0.25, -0.2) is 17.5 Å². The molecular weight excluding hydrogens is 455 g/mol. The second kappa shape index (κ2) is 11.3. The Kier molecular flexibility index (Phi) is 8.76. The van der Waals surface area contributed by atoms with Gasteiger partial charge in [0.2, 0.25) is 10.0 Å². The molecule has 9 heteroatoms. The summed E-state index contributed by atoms with van der Waals surface area (Å²) in [6, 6.07) is 11.2. The predicted molar refractivity (Wildman–Crippen MR) is 123 cm³/mol. The average Bonchev–Trinajstić information content (AvgIpc) is 2.76. The molecular formula is C23H30ClFN2O4S. The Bertz CT molecular complexity index is 995. The lowest BCUT2D eigenvalue weighted by atomic mass is 9.97. The maximum absolute atomic E-state index is 13.9. The molecule has 0 amide bonds. The number of piperidine rings is 1. The smallest absolute Gasteiger partial charge is 0.243 e. The van der Waals surface area contributed by atoms with E-state index in [4.69, 9.17) is 21.1 Å². The van der Waals surface area contributed by atoms with Crippen molar-refractivity contribution in [1.82, 2.24) is 9.62 Å². The number of sulfonamides is 1. The molecule has 0 aliphatic carbocycles. The van der Waals surface area contributed by atoms with Crippen LogP contribution in [0.4, 0.5) is 4.39 Å². The van der Waals surface area contributed by atoms with Crippen LogP contribution in [0.15, 0.2) is 47.4 Å². The first-order chi connectivity index (χ1) is 15.2. The zero-order valence-electron chi connectivity index (χ0n) is 18.4. The first-order valence-corrected chi connectivity index (χ1v) is 12.7. The molecule has 1 aliphatic rings. The maximum atomic E-state index is 13.9. The Labute approximate surface area is 194 Å². The van der Waals surface area contributed by atoms with Gasteiger partial charge < -0.3 is 9.47 Å². The number of para-hydroxylation sites is 2. The van der Waals surface area contributed by atoms with Crippen molar-refractivity contribution in [2.45, 2.75) is 37.7 Å². The molecule has 0 radical (unpaired) electrons. The van der Waals surface area contributed by atoms with E-state index >= 15 is 0 Å². The minimum Gasteiger partial charge on any atom is -0.488 e. The molecule has 1 aliphatic heterocycles. The summed E-state index contributed by atoms with van der Waals surface area (Å²) in [5.74, 6) is 0.866. The number of benzene rings is 2. The molecule has 32 heavy (non-hydrogen) atoms. The largest absolute Gasteiger partial charge is 0.488 e. The lowest BCUT2D eigenvalue weighted by Crippen LogP contribution is -2.40. The fourth-order valence-electron chi connectivity index (χ4n) is 3.61. The van der Waals surface area contributed by atoms with Crippen molar-refractivity contribution in [2.75, 3.05) is 32.8 Å². The number of likely N-dealkylation sites (tertiary alicyclic amines) is 1. The van der Waals surface area contributed by atoms with E-state index in [1.54, 1.807) is 0 Å². The van der Waals surface area contributed by atoms with Gasteiger partial charge in [-0.2, -0.15) is 0 Å². The second-order valence-electron chi connectivity index (χ2n) is 8.17. The van der Waals surface area contributed by atoms with Crippen LogP contribution in [0.3, 0.4) is 0 Å². The van der Waals surface area contributed by atoms with Gasteiger partial charge in [-0.1, -0.05) is 23.7 Å². The van der Waals surface area contributed by atoms with Crippen LogP contribution < -0.4 is 14.2 Å². The number of rotatable bonds is 10. The molecule has 1 saturated heterocycles. The quantitative estimate of drug-likeness (QED) is 0.543. The van der Waals surface area contributed by atoms with Crippen LogP contribution in [0.5, 0.6) is 11.5 Å². The molecule has 6 nitrogen and oxygen atoms in total. The predicted octanol–water partition coefficient (Wildman–Crippen LogP) is 4.34. The van der Waals surface area contributed by atoms with E-state index < -0.39 is 20.7 Å². The van der Waals surface area contributed by atoms with E-state index in [1.165, 1.54) is 6.07 Å². The summed E-state index contributed by atoms with van der Waals surface area (Å²) in [6.45, 7) is 7.26. The van der Waals surface area contributed by atoms with Crippen molar-refractivity contribution in [1.29, 1.82) is 0 Å². The molecule has 0 spiro atoms. The molecule has 176 valence electrons. The topological polar surface area (TPSA) is 67.9 Å². The molecule has 2 aromatic carbocycles. The highest BCUT2D eigenvalue weighted by atomic mass is 35.5. The van der Waals surface area contributed by atoms with Gasteiger partial charge in [-0.3, -0.25) is 4.90 Å². The summed E-state index contributed by atoms with van der Waals surface area (Å²) in [5.41, 5.74) is 0. The van der Waals surface area contributed by atoms with Crippen molar-refractivity contribution in [2.24, 2.45) is 5.92 Å². The molecule has 0 saturated carbocycles. The van der Waals surface area contributed by atoms with Crippen LogP contribution in [-0.4, -0.2) is 52.2 Å². The lowest BCUT2D eigenvalue weighted by Gasteiger charge is -2.31. The van der Waals surface area contributed by atoms with Gasteiger partial charge >= 0.3 is 0 Å². The molecule has 1 heterocycles. The van der Waals surface area contributed by atoms with Crippen molar-refractivity contribution >= 4 is 21.6 Å². The summed E-state index contributed by atoms with van der Waals surface area (Å²) < 4.78 is 53.0. The highest BCUT2D eigenvalue weighted by Gasteiger charge is 2.24. The standard InChI is InChI=1S/C23H30ClFN2O4S/c1-17(2)31-22-6-4-3-5-21(22)30-14-13-27-11-9-18(10-12-27)16-26-32(28,29)23-15-19(24)7-8-20(23)25/h3-8,15,17-18,26H,9-14,16H2,1-2H3. The Morgan fingerprint density at radius 2 is 1.84 bits per heavy atom. The van der Waals surface area contributed by atoms with E-state index in [-0.39, 0.29) is 23.6 Å². The maximum Gasteiger partial charge on any atom is 0.243 e. The van der Waals surface area contributed by atoms with E-state index in [0.717, 1.165) is 56.1 Å². The first-order valence-electron chi connectivity index (χ1n) is 10.8. The summed E-state index contributed by atoms with van der Waals surface area (Å²) in [6.07, 6.45) is 1.79. The SMILES string of the molecule is CC(C)Oc1ccccc1OCCN1CCC(CNS(=O)(=O)c2cc(Cl)ccc2F)CC1. The molecule has 1 fully saturated rings. The molecule has 2 aromatic rings. The number of nitrogens with zero attached hydrogens (tertiary/aromatic N) is 1. The number of hydrogen-bond acceptors (Lipinski definition) is 5. The Balaban J connectivity index is 1.42. The van der Waals surface area contributed by atoms with Gasteiger partial charge in [-0.15, -0.1) is 0 Å². The van der Waals surface area contributed by atoms with E-state index in [1.807, 2.05) is 38.1 Å². The van der Waals surface area contributed by atoms with Crippen LogP contribution in [0, 0.1) is 11.7 Å². The summed E-state index contributed by atoms with van der Waals surface area (Å²) >= 11 is 5.82. The molecule has 0 unspecified atom stereocenters. The van der Waals surface area contributed by atoms with E-state index in [2.05, 4.69) is 9.62 Å². The van der Waals surface area contributed by atoms with Gasteiger partial charge in [0.25, 0.3) is 0 Å². The van der Waals surface area contributed by atoms with Gasteiger partial charge in [0.1, 0.15) is 17.3 Å². The van der Waals surface area contributed by atoms with Crippen LogP contribution in [0.1, 0.15) is 26.7 Å². The zero-order chi connectivity index (χ0) is 23.1. The Morgan fingerprint density at radius 1 is 1.16 bits per heavy atom. The lowest BCUT2D eigenvalue weighted by molar-refractivity contribution is 0.151. The van der Waals surface area contributed by atoms with Gasteiger partial charge in [0, 0.05) is 18.1 Å². The van der Waals surface area contributed by atoms with Gasteiger partial charge in [-0.05, 0) is 76.0 Å². The zero-order valence-corrected chi connectivity index (χ0v) is 20.0. The normalized spacial score (nSPS) is 15.8. The number of ether oxygens (including phenoxy) is 2. The third kappa shape index (κ3) is 7.07. The van der Waals surface area contributed by atoms with Crippen LogP contribution in [0.25, 0.3) is 0 Å². The van der Waals surface area contributed by atoms with E-state index in [0.29, 0.717) is 6.61 Å². The minimum absolute atomic E-state index is 0.0755. The summed E-state index contributed by atoms with van der Waals surface area (Å²) in [5, 5.41) is 0.181. The number of nitrogens with one attached hydrogen (secondary N) is 1. The van der Waals surface area contributed by atoms with Gasteiger partial charge in [0.05, 0.1) is 6.10 Å². The van der Waals surface area contributed by atoms with Crippen LogP contribution >= 0.6 is 11.6 Å². The highest BCUT2D eigenvalue weighted by molar-refractivity contribution is 7.89. The number of hydrogen-bond donors (Lipinski definition) is 1. The van der Waals surface area contributed by atoms with Crippen molar-refractivity contribution < 1.29 is 22.3 Å². The molecule has 1 N–H and O–H groups in total. The van der Waals surface area contributed by atoms with Crippen molar-refractivity contribution in [3.8, 4) is 11.5 Å². The van der Waals surface area contributed by atoms with Crippen molar-refractivity contribution in [3.05, 3.63) is 53.3 Å². The molecule has 0 bridgehead atoms. The summed E-state index contributed by atoms with van der Waals surface area (Å²) in [4.78, 5) is 1.88. The number of halogens is 2. The van der Waals surface area contributed by atoms with Crippen molar-refractivity contribution in [3.63, 3.8) is 0 Å². The van der Waals surface area contributed by atoms with Crippen LogP contribution in [-0.2, 0) is 10.0 Å². The van der Waals surface area contributed by atoms with Crippen LogP contribution in [0.2, 0.25) is 5.02 Å². The summed E-state index contributed by atoms with van der Waals surface area (Å²) in [7, 11) is -3.94. The molecule has 0 atom stereocenters. The fraction of sp³-hybridized carbons (Fsp3) is 0.478. The third-order valence-electron chi connectivity index (χ3n) is 5.33. The van der Waals surface area contributed by atoms with E-state index in [9.17, 15) is 12.8 Å².